The average Bonchev–Trinajstić information content (AvgIpc) is 3.20. The van der Waals surface area contributed by atoms with Gasteiger partial charge in [-0.2, -0.15) is 0 Å². The van der Waals surface area contributed by atoms with E-state index < -0.39 is 0 Å². The van der Waals surface area contributed by atoms with Crippen LogP contribution in [0.5, 0.6) is 0 Å². The molecule has 4 rings (SSSR count). The number of carbonyl (C=O) groups excluding carboxylic acids is 1. The third-order valence-electron chi connectivity index (χ3n) is 5.64. The Kier molecular flexibility index (Phi) is 3.54. The van der Waals surface area contributed by atoms with Crippen molar-refractivity contribution >= 4 is 11.4 Å². The molecule has 0 spiro atoms. The van der Waals surface area contributed by atoms with Gasteiger partial charge in [0, 0.05) is 5.56 Å². The minimum atomic E-state index is -0.0531. The van der Waals surface area contributed by atoms with Crippen LogP contribution >= 0.6 is 0 Å². The molecule has 2 heterocycles. The van der Waals surface area contributed by atoms with E-state index in [0.717, 1.165) is 46.4 Å². The Balaban J connectivity index is 1.87. The first-order chi connectivity index (χ1) is 11.6. The number of Topliss-reactive ketones (excluding diaryl/α,β-unsaturated/α-hetero) is 1. The lowest BCUT2D eigenvalue weighted by Crippen LogP contribution is -2.29. The van der Waals surface area contributed by atoms with Crippen molar-refractivity contribution in [1.29, 1.82) is 0 Å². The number of ketones is 1. The maximum absolute atomic E-state index is 13.2. The SMILES string of the molecule is CC#Cc1cc(C)c(C2=C(OC)[C@@H]3C4CCC(O4)[C@@H]3C2=O)c(C)c1. The first kappa shape index (κ1) is 15.5. The Morgan fingerprint density at radius 3 is 2.33 bits per heavy atom. The highest BCUT2D eigenvalue weighted by atomic mass is 16.5. The number of fused-ring (bicyclic) bond motifs is 5. The predicted octanol–water partition coefficient (Wildman–Crippen LogP) is 3.41. The van der Waals surface area contributed by atoms with Crippen molar-refractivity contribution in [2.24, 2.45) is 11.8 Å². The molecule has 24 heavy (non-hydrogen) atoms. The molecule has 3 heteroatoms. The lowest BCUT2D eigenvalue weighted by Gasteiger charge is -2.21. The summed E-state index contributed by atoms with van der Waals surface area (Å²) in [4.78, 5) is 13.2. The van der Waals surface area contributed by atoms with Gasteiger partial charge in [-0.25, -0.2) is 0 Å². The summed E-state index contributed by atoms with van der Waals surface area (Å²) < 4.78 is 11.7. The van der Waals surface area contributed by atoms with Crippen LogP contribution in [0.2, 0.25) is 0 Å². The Labute approximate surface area is 143 Å². The Morgan fingerprint density at radius 2 is 1.75 bits per heavy atom. The van der Waals surface area contributed by atoms with Crippen molar-refractivity contribution in [2.45, 2.75) is 45.8 Å². The highest BCUT2D eigenvalue weighted by Gasteiger charge is 2.59. The van der Waals surface area contributed by atoms with E-state index in [1.165, 1.54) is 0 Å². The quantitative estimate of drug-likeness (QED) is 0.783. The largest absolute Gasteiger partial charge is 0.500 e. The lowest BCUT2D eigenvalue weighted by atomic mass is 9.80. The number of allylic oxidation sites excluding steroid dienone is 1. The van der Waals surface area contributed by atoms with Gasteiger partial charge in [-0.3, -0.25) is 4.79 Å². The maximum atomic E-state index is 13.2. The monoisotopic (exact) mass is 322 g/mol. The molecular formula is C21H22O3. The van der Waals surface area contributed by atoms with Crippen LogP contribution in [0.4, 0.5) is 0 Å². The topological polar surface area (TPSA) is 35.5 Å². The molecule has 0 saturated carbocycles. The number of carbonyl (C=O) groups is 1. The second-order valence-corrected chi connectivity index (χ2v) is 7.01. The number of ether oxygens (including phenoxy) is 2. The van der Waals surface area contributed by atoms with Gasteiger partial charge in [-0.1, -0.05) is 5.92 Å². The van der Waals surface area contributed by atoms with E-state index in [0.29, 0.717) is 0 Å². The Hall–Kier alpha value is -2.05. The molecule has 3 aliphatic rings. The molecule has 2 saturated heterocycles. The summed E-state index contributed by atoms with van der Waals surface area (Å²) in [6.45, 7) is 5.94. The fourth-order valence-electron chi connectivity index (χ4n) is 4.86. The molecule has 0 N–H and O–H groups in total. The van der Waals surface area contributed by atoms with Crippen LogP contribution < -0.4 is 0 Å². The highest BCUT2D eigenvalue weighted by molar-refractivity contribution is 6.26. The number of benzene rings is 1. The van der Waals surface area contributed by atoms with Gasteiger partial charge in [0.1, 0.15) is 5.76 Å². The third-order valence-corrected chi connectivity index (χ3v) is 5.64. The first-order valence-corrected chi connectivity index (χ1v) is 8.59. The van der Waals surface area contributed by atoms with Gasteiger partial charge in [0.2, 0.25) is 0 Å². The molecule has 2 fully saturated rings. The van der Waals surface area contributed by atoms with Gasteiger partial charge in [0.25, 0.3) is 0 Å². The molecule has 2 unspecified atom stereocenters. The van der Waals surface area contributed by atoms with Crippen molar-refractivity contribution in [3.63, 3.8) is 0 Å². The zero-order valence-corrected chi connectivity index (χ0v) is 14.6. The number of rotatable bonds is 2. The molecule has 0 amide bonds. The molecule has 3 nitrogen and oxygen atoms in total. The molecule has 2 bridgehead atoms. The van der Waals surface area contributed by atoms with Crippen molar-refractivity contribution < 1.29 is 14.3 Å². The molecule has 1 aliphatic carbocycles. The maximum Gasteiger partial charge on any atom is 0.173 e. The minimum absolute atomic E-state index is 0.0531. The summed E-state index contributed by atoms with van der Waals surface area (Å²) in [6.07, 6.45) is 2.23. The molecule has 4 atom stereocenters. The molecule has 2 aliphatic heterocycles. The fourth-order valence-corrected chi connectivity index (χ4v) is 4.86. The van der Waals surface area contributed by atoms with Crippen LogP contribution in [-0.4, -0.2) is 25.1 Å². The summed E-state index contributed by atoms with van der Waals surface area (Å²) in [5, 5.41) is 0. The molecule has 1 aromatic rings. The van der Waals surface area contributed by atoms with Crippen LogP contribution in [0.15, 0.2) is 17.9 Å². The van der Waals surface area contributed by atoms with Crippen LogP contribution in [0.3, 0.4) is 0 Å². The molecule has 0 radical (unpaired) electrons. The van der Waals surface area contributed by atoms with Gasteiger partial charge < -0.3 is 9.47 Å². The predicted molar refractivity (Wildman–Crippen MR) is 92.3 cm³/mol. The standard InChI is InChI=1S/C21H22O3/c1-5-6-13-9-11(2)16(12(3)10-13)19-20(22)17-14-7-8-15(24-14)18(17)21(19)23-4/h9-10,14-15,17-18H,7-8H2,1-4H3/t14?,15?,17-,18+/m0/s1. The van der Waals surface area contributed by atoms with Crippen LogP contribution in [-0.2, 0) is 14.3 Å². The zero-order valence-electron chi connectivity index (χ0n) is 14.6. The number of hydrogen-bond acceptors (Lipinski definition) is 3. The molecule has 124 valence electrons. The lowest BCUT2D eigenvalue weighted by molar-refractivity contribution is -0.118. The molecule has 0 aromatic heterocycles. The van der Waals surface area contributed by atoms with Gasteiger partial charge in [0.15, 0.2) is 5.78 Å². The second-order valence-electron chi connectivity index (χ2n) is 7.01. The normalized spacial score (nSPS) is 30.4. The third kappa shape index (κ3) is 1.99. The van der Waals surface area contributed by atoms with Crippen molar-refractivity contribution in [3.8, 4) is 11.8 Å². The summed E-state index contributed by atoms with van der Waals surface area (Å²) in [5.74, 6) is 7.12. The van der Waals surface area contributed by atoms with Crippen molar-refractivity contribution in [1.82, 2.24) is 0 Å². The summed E-state index contributed by atoms with van der Waals surface area (Å²) >= 11 is 0. The second kappa shape index (κ2) is 5.50. The van der Waals surface area contributed by atoms with E-state index in [4.69, 9.17) is 9.47 Å². The smallest absolute Gasteiger partial charge is 0.173 e. The number of hydrogen-bond donors (Lipinski definition) is 0. The van der Waals surface area contributed by atoms with E-state index in [-0.39, 0.29) is 29.8 Å². The Morgan fingerprint density at radius 1 is 1.12 bits per heavy atom. The van der Waals surface area contributed by atoms with E-state index in [1.54, 1.807) is 7.11 Å². The van der Waals surface area contributed by atoms with Crippen molar-refractivity contribution in [3.05, 3.63) is 40.1 Å². The van der Waals surface area contributed by atoms with E-state index in [1.807, 2.05) is 6.92 Å². The minimum Gasteiger partial charge on any atom is -0.500 e. The van der Waals surface area contributed by atoms with E-state index in [2.05, 4.69) is 37.8 Å². The van der Waals surface area contributed by atoms with Crippen molar-refractivity contribution in [2.75, 3.05) is 7.11 Å². The number of methoxy groups -OCH3 is 1. The first-order valence-electron chi connectivity index (χ1n) is 8.59. The van der Waals surface area contributed by atoms with Gasteiger partial charge in [-0.15, -0.1) is 5.92 Å². The summed E-state index contributed by atoms with van der Waals surface area (Å²) in [5.41, 5.74) is 4.95. The van der Waals surface area contributed by atoms with Crippen LogP contribution in [0.1, 0.15) is 42.0 Å². The van der Waals surface area contributed by atoms with Gasteiger partial charge >= 0.3 is 0 Å². The molecular weight excluding hydrogens is 300 g/mol. The van der Waals surface area contributed by atoms with E-state index in [9.17, 15) is 4.79 Å². The van der Waals surface area contributed by atoms with Crippen LogP contribution in [0.25, 0.3) is 5.57 Å². The summed E-state index contributed by atoms with van der Waals surface area (Å²) in [6, 6.07) is 4.12. The van der Waals surface area contributed by atoms with Gasteiger partial charge in [-0.05, 0) is 62.4 Å². The van der Waals surface area contributed by atoms with Crippen LogP contribution in [0, 0.1) is 37.5 Å². The number of aryl methyl sites for hydroxylation is 2. The van der Waals surface area contributed by atoms with Gasteiger partial charge in [0.05, 0.1) is 36.7 Å². The fraction of sp³-hybridized carbons (Fsp3) is 0.476. The average molecular weight is 322 g/mol. The summed E-state index contributed by atoms with van der Waals surface area (Å²) in [7, 11) is 1.68. The molecule has 1 aromatic carbocycles. The van der Waals surface area contributed by atoms with E-state index >= 15 is 0 Å². The highest BCUT2D eigenvalue weighted by Crippen LogP contribution is 2.54. The zero-order chi connectivity index (χ0) is 17.0. The Bertz CT molecular complexity index is 798.